The van der Waals surface area contributed by atoms with Gasteiger partial charge in [-0.15, -0.1) is 0 Å². The lowest BCUT2D eigenvalue weighted by atomic mass is 9.79. The topological polar surface area (TPSA) is 23.6 Å². The van der Waals surface area contributed by atoms with E-state index in [1.165, 1.54) is 51.7 Å². The van der Waals surface area contributed by atoms with Crippen molar-refractivity contribution in [2.24, 2.45) is 11.3 Å². The van der Waals surface area contributed by atoms with Gasteiger partial charge in [-0.1, -0.05) is 36.4 Å². The number of carbonyl (C=O) groups is 1. The normalized spacial score (nSPS) is 26.7. The van der Waals surface area contributed by atoms with Gasteiger partial charge in [0.15, 0.2) is 0 Å². The van der Waals surface area contributed by atoms with Gasteiger partial charge in [0, 0.05) is 37.2 Å². The average molecular weight is 348 g/mol. The number of amides is 1. The zero-order valence-electron chi connectivity index (χ0n) is 15.5. The van der Waals surface area contributed by atoms with Crippen molar-refractivity contribution in [3.63, 3.8) is 0 Å². The molecule has 0 aromatic heterocycles. The molecule has 1 aliphatic carbocycles. The van der Waals surface area contributed by atoms with Crippen LogP contribution in [0.4, 0.5) is 0 Å². The van der Waals surface area contributed by atoms with Crippen molar-refractivity contribution in [3.05, 3.63) is 48.0 Å². The lowest BCUT2D eigenvalue weighted by molar-refractivity contribution is 0.0683. The predicted molar refractivity (Wildman–Crippen MR) is 105 cm³/mol. The summed E-state index contributed by atoms with van der Waals surface area (Å²) < 4.78 is 0. The van der Waals surface area contributed by atoms with Gasteiger partial charge in [-0.3, -0.25) is 4.79 Å². The average Bonchev–Trinajstić information content (AvgIpc) is 3.40. The maximum Gasteiger partial charge on any atom is 0.254 e. The summed E-state index contributed by atoms with van der Waals surface area (Å²) in [6, 6.07) is 14.3. The van der Waals surface area contributed by atoms with Gasteiger partial charge >= 0.3 is 0 Å². The number of rotatable bonds is 3. The summed E-state index contributed by atoms with van der Waals surface area (Å²) in [6.45, 7) is 5.60. The van der Waals surface area contributed by atoms with Crippen LogP contribution in [0.2, 0.25) is 0 Å². The van der Waals surface area contributed by atoms with Crippen LogP contribution in [0.5, 0.6) is 0 Å². The molecule has 3 heteroatoms. The zero-order chi connectivity index (χ0) is 17.6. The van der Waals surface area contributed by atoms with Gasteiger partial charge in [0.1, 0.15) is 0 Å². The van der Waals surface area contributed by atoms with Crippen LogP contribution in [0.15, 0.2) is 42.5 Å². The molecule has 5 rings (SSSR count). The van der Waals surface area contributed by atoms with Crippen LogP contribution in [0.25, 0.3) is 10.8 Å². The van der Waals surface area contributed by atoms with Gasteiger partial charge < -0.3 is 9.80 Å². The van der Waals surface area contributed by atoms with Gasteiger partial charge in [-0.2, -0.15) is 0 Å². The zero-order valence-corrected chi connectivity index (χ0v) is 15.5. The Morgan fingerprint density at radius 3 is 2.73 bits per heavy atom. The van der Waals surface area contributed by atoms with Crippen LogP contribution >= 0.6 is 0 Å². The molecule has 0 N–H and O–H groups in total. The Bertz CT molecular complexity index is 823. The summed E-state index contributed by atoms with van der Waals surface area (Å²) in [5.74, 6) is 1.18. The molecule has 1 saturated carbocycles. The smallest absolute Gasteiger partial charge is 0.254 e. The van der Waals surface area contributed by atoms with Gasteiger partial charge in [0.25, 0.3) is 5.91 Å². The van der Waals surface area contributed by atoms with Crippen molar-refractivity contribution in [3.8, 4) is 0 Å². The minimum Gasteiger partial charge on any atom is -0.338 e. The molecule has 2 aromatic rings. The van der Waals surface area contributed by atoms with E-state index in [4.69, 9.17) is 0 Å². The predicted octanol–water partition coefficient (Wildman–Crippen LogP) is 4.18. The van der Waals surface area contributed by atoms with E-state index in [1.54, 1.807) is 0 Å². The highest BCUT2D eigenvalue weighted by Gasteiger charge is 2.43. The van der Waals surface area contributed by atoms with Gasteiger partial charge in [0.2, 0.25) is 0 Å². The molecule has 0 radical (unpaired) electrons. The van der Waals surface area contributed by atoms with Crippen LogP contribution < -0.4 is 0 Å². The van der Waals surface area contributed by atoms with Crippen molar-refractivity contribution < 1.29 is 4.79 Å². The summed E-state index contributed by atoms with van der Waals surface area (Å²) in [6.07, 6.45) is 6.60. The maximum absolute atomic E-state index is 13.3. The summed E-state index contributed by atoms with van der Waals surface area (Å²) in [5.41, 5.74) is 1.21. The lowest BCUT2D eigenvalue weighted by Crippen LogP contribution is -2.46. The molecule has 1 atom stereocenters. The molecule has 2 aromatic carbocycles. The molecule has 2 aliphatic heterocycles. The van der Waals surface area contributed by atoms with Crippen molar-refractivity contribution in [2.45, 2.75) is 32.1 Å². The first kappa shape index (κ1) is 16.3. The second kappa shape index (κ2) is 6.38. The Hall–Kier alpha value is -1.87. The van der Waals surface area contributed by atoms with Gasteiger partial charge in [-0.05, 0) is 61.4 Å². The van der Waals surface area contributed by atoms with E-state index in [0.29, 0.717) is 5.41 Å². The minimum absolute atomic E-state index is 0.220. The summed E-state index contributed by atoms with van der Waals surface area (Å²) in [5, 5.41) is 2.24. The van der Waals surface area contributed by atoms with Crippen molar-refractivity contribution in [1.29, 1.82) is 0 Å². The third-order valence-electron chi connectivity index (χ3n) is 6.70. The molecule has 0 unspecified atom stereocenters. The third kappa shape index (κ3) is 3.03. The standard InChI is InChI=1S/C23H28N2O/c26-22(21-8-3-6-19-5-1-2-7-20(19)21)25-14-12-23(17-25)11-4-13-24(16-23)15-18-9-10-18/h1-3,5-8,18H,4,9-17H2/t23-/m0/s1. The Balaban J connectivity index is 1.34. The van der Waals surface area contributed by atoms with Gasteiger partial charge in [-0.25, -0.2) is 0 Å². The monoisotopic (exact) mass is 348 g/mol. The molecule has 3 fully saturated rings. The SMILES string of the molecule is O=C(c1cccc2ccccc12)N1CC[C@]2(CCCN(CC3CC3)C2)C1. The molecule has 2 saturated heterocycles. The molecule has 2 heterocycles. The first-order valence-corrected chi connectivity index (χ1v) is 10.2. The van der Waals surface area contributed by atoms with E-state index in [2.05, 4.69) is 28.0 Å². The van der Waals surface area contributed by atoms with E-state index in [0.717, 1.165) is 35.3 Å². The highest BCUT2D eigenvalue weighted by atomic mass is 16.2. The molecule has 3 aliphatic rings. The third-order valence-corrected chi connectivity index (χ3v) is 6.70. The number of carbonyl (C=O) groups excluding carboxylic acids is 1. The van der Waals surface area contributed by atoms with E-state index in [1.807, 2.05) is 24.3 Å². The summed E-state index contributed by atoms with van der Waals surface area (Å²) >= 11 is 0. The second-order valence-corrected chi connectivity index (χ2v) is 8.79. The molecule has 3 nitrogen and oxygen atoms in total. The van der Waals surface area contributed by atoms with Crippen LogP contribution in [0.1, 0.15) is 42.5 Å². The molecular formula is C23H28N2O. The Morgan fingerprint density at radius 2 is 1.85 bits per heavy atom. The van der Waals surface area contributed by atoms with E-state index in [-0.39, 0.29) is 5.91 Å². The molecule has 1 spiro atoms. The highest BCUT2D eigenvalue weighted by Crippen LogP contribution is 2.41. The number of hydrogen-bond acceptors (Lipinski definition) is 2. The van der Waals surface area contributed by atoms with Gasteiger partial charge in [0.05, 0.1) is 0 Å². The highest BCUT2D eigenvalue weighted by molar-refractivity contribution is 6.07. The van der Waals surface area contributed by atoms with E-state index >= 15 is 0 Å². The van der Waals surface area contributed by atoms with Crippen molar-refractivity contribution in [1.82, 2.24) is 9.80 Å². The van der Waals surface area contributed by atoms with E-state index in [9.17, 15) is 4.79 Å². The Labute approximate surface area is 156 Å². The fourth-order valence-corrected chi connectivity index (χ4v) is 5.16. The van der Waals surface area contributed by atoms with E-state index < -0.39 is 0 Å². The number of fused-ring (bicyclic) bond motifs is 1. The fourth-order valence-electron chi connectivity index (χ4n) is 5.16. The van der Waals surface area contributed by atoms with Crippen molar-refractivity contribution in [2.75, 3.05) is 32.7 Å². The fraction of sp³-hybridized carbons (Fsp3) is 0.522. The Kier molecular flexibility index (Phi) is 4.00. The number of likely N-dealkylation sites (tertiary alicyclic amines) is 2. The maximum atomic E-state index is 13.3. The minimum atomic E-state index is 0.220. The first-order chi connectivity index (χ1) is 12.7. The van der Waals surface area contributed by atoms with Crippen molar-refractivity contribution >= 4 is 16.7 Å². The van der Waals surface area contributed by atoms with Crippen LogP contribution in [-0.4, -0.2) is 48.4 Å². The molecule has 26 heavy (non-hydrogen) atoms. The number of piperidine rings is 1. The van der Waals surface area contributed by atoms with Crippen LogP contribution in [0, 0.1) is 11.3 Å². The summed E-state index contributed by atoms with van der Waals surface area (Å²) in [7, 11) is 0. The lowest BCUT2D eigenvalue weighted by Gasteiger charge is -2.40. The number of nitrogens with zero attached hydrogens (tertiary/aromatic N) is 2. The molecule has 1 amide bonds. The number of benzene rings is 2. The van der Waals surface area contributed by atoms with Crippen LogP contribution in [-0.2, 0) is 0 Å². The molecule has 0 bridgehead atoms. The summed E-state index contributed by atoms with van der Waals surface area (Å²) in [4.78, 5) is 18.1. The van der Waals surface area contributed by atoms with Crippen LogP contribution in [0.3, 0.4) is 0 Å². The second-order valence-electron chi connectivity index (χ2n) is 8.79. The number of hydrogen-bond donors (Lipinski definition) is 0. The largest absolute Gasteiger partial charge is 0.338 e. The quantitative estimate of drug-likeness (QED) is 0.831. The molecule has 136 valence electrons. The first-order valence-electron chi connectivity index (χ1n) is 10.2. The Morgan fingerprint density at radius 1 is 1.00 bits per heavy atom. The molecular weight excluding hydrogens is 320 g/mol.